The van der Waals surface area contributed by atoms with Gasteiger partial charge in [-0.2, -0.15) is 0 Å². The summed E-state index contributed by atoms with van der Waals surface area (Å²) in [6.07, 6.45) is 1.39. The molecule has 0 bridgehead atoms. The van der Waals surface area contributed by atoms with Crippen LogP contribution in [0.4, 0.5) is 5.82 Å². The standard InChI is InChI=1S/C19H17Cl2N5O2/c1-8-5-10-13-17(22)23-7-24-19(13)26(18(10)25-9(8)2)16-14(20)11(27-3)6-12(28-4)15(16)21/h5-7H,1-4H3,(H2,22,23,24). The van der Waals surface area contributed by atoms with Gasteiger partial charge in [0.05, 0.1) is 25.3 Å². The van der Waals surface area contributed by atoms with Gasteiger partial charge in [0.25, 0.3) is 0 Å². The molecule has 0 saturated heterocycles. The summed E-state index contributed by atoms with van der Waals surface area (Å²) in [4.78, 5) is 13.3. The average molecular weight is 418 g/mol. The predicted octanol–water partition coefficient (Wildman–Crippen LogP) is 4.49. The van der Waals surface area contributed by atoms with E-state index in [4.69, 9.17) is 43.4 Å². The number of aromatic nitrogens is 4. The molecule has 0 fully saturated rings. The summed E-state index contributed by atoms with van der Waals surface area (Å²) in [6.45, 7) is 3.92. The lowest BCUT2D eigenvalue weighted by atomic mass is 10.1. The molecule has 3 heterocycles. The summed E-state index contributed by atoms with van der Waals surface area (Å²) >= 11 is 13.3. The molecule has 0 spiro atoms. The summed E-state index contributed by atoms with van der Waals surface area (Å²) in [7, 11) is 3.05. The van der Waals surface area contributed by atoms with Crippen molar-refractivity contribution in [3.63, 3.8) is 0 Å². The van der Waals surface area contributed by atoms with E-state index in [1.807, 2.05) is 19.9 Å². The molecule has 7 nitrogen and oxygen atoms in total. The van der Waals surface area contributed by atoms with Gasteiger partial charge in [-0.15, -0.1) is 0 Å². The van der Waals surface area contributed by atoms with E-state index in [0.717, 1.165) is 16.6 Å². The number of pyridine rings is 1. The van der Waals surface area contributed by atoms with Gasteiger partial charge in [-0.05, 0) is 25.5 Å². The Labute approximate surface area is 171 Å². The third kappa shape index (κ3) is 2.54. The Hall–Kier alpha value is -2.77. The molecule has 4 rings (SSSR count). The van der Waals surface area contributed by atoms with Crippen LogP contribution in [0.3, 0.4) is 0 Å². The Bertz CT molecular complexity index is 1220. The topological polar surface area (TPSA) is 88.1 Å². The number of hydrogen-bond donors (Lipinski definition) is 1. The lowest BCUT2D eigenvalue weighted by molar-refractivity contribution is 0.394. The Morgan fingerprint density at radius 2 is 1.61 bits per heavy atom. The minimum Gasteiger partial charge on any atom is -0.495 e. The third-order valence-corrected chi connectivity index (χ3v) is 5.50. The number of ether oxygens (including phenoxy) is 2. The second-order valence-corrected chi connectivity index (χ2v) is 7.07. The first kappa shape index (κ1) is 18.6. The van der Waals surface area contributed by atoms with Gasteiger partial charge in [-0.25, -0.2) is 15.0 Å². The summed E-state index contributed by atoms with van der Waals surface area (Å²) < 4.78 is 12.6. The molecule has 0 saturated carbocycles. The normalized spacial score (nSPS) is 11.4. The van der Waals surface area contributed by atoms with E-state index < -0.39 is 0 Å². The Morgan fingerprint density at radius 3 is 2.21 bits per heavy atom. The largest absolute Gasteiger partial charge is 0.495 e. The van der Waals surface area contributed by atoms with Crippen molar-refractivity contribution >= 4 is 51.1 Å². The van der Waals surface area contributed by atoms with Crippen molar-refractivity contribution in [2.45, 2.75) is 13.8 Å². The number of nitrogens with two attached hydrogens (primary N) is 1. The van der Waals surface area contributed by atoms with Gasteiger partial charge in [0.1, 0.15) is 39.3 Å². The van der Waals surface area contributed by atoms with Gasteiger partial charge >= 0.3 is 0 Å². The maximum Gasteiger partial charge on any atom is 0.152 e. The van der Waals surface area contributed by atoms with Crippen molar-refractivity contribution in [1.82, 2.24) is 19.5 Å². The minimum absolute atomic E-state index is 0.310. The summed E-state index contributed by atoms with van der Waals surface area (Å²) in [5, 5.41) is 2.11. The number of fused-ring (bicyclic) bond motifs is 3. The highest BCUT2D eigenvalue weighted by Crippen LogP contribution is 2.45. The molecule has 3 aromatic heterocycles. The summed E-state index contributed by atoms with van der Waals surface area (Å²) in [5.74, 6) is 1.18. The van der Waals surface area contributed by atoms with Crippen molar-refractivity contribution in [2.75, 3.05) is 20.0 Å². The van der Waals surface area contributed by atoms with E-state index in [1.54, 1.807) is 10.6 Å². The number of rotatable bonds is 3. The Morgan fingerprint density at radius 1 is 0.964 bits per heavy atom. The number of halogens is 2. The van der Waals surface area contributed by atoms with Gasteiger partial charge in [-0.3, -0.25) is 4.57 Å². The van der Waals surface area contributed by atoms with Crippen LogP contribution in [0.1, 0.15) is 11.3 Å². The molecule has 0 radical (unpaired) electrons. The zero-order valence-electron chi connectivity index (χ0n) is 15.7. The van der Waals surface area contributed by atoms with E-state index in [2.05, 4.69) is 9.97 Å². The highest BCUT2D eigenvalue weighted by molar-refractivity contribution is 6.40. The molecule has 0 atom stereocenters. The van der Waals surface area contributed by atoms with Crippen LogP contribution in [0.15, 0.2) is 18.5 Å². The second-order valence-electron chi connectivity index (χ2n) is 6.31. The van der Waals surface area contributed by atoms with E-state index in [0.29, 0.717) is 49.7 Å². The molecule has 9 heteroatoms. The number of hydrogen-bond acceptors (Lipinski definition) is 6. The number of methoxy groups -OCH3 is 2. The SMILES string of the molecule is COc1cc(OC)c(Cl)c(-n2c3nc(C)c(C)cc3c3c(N)ncnc32)c1Cl. The zero-order chi connectivity index (χ0) is 20.2. The Balaban J connectivity index is 2.27. The highest BCUT2D eigenvalue weighted by Gasteiger charge is 2.25. The molecule has 0 aliphatic carbocycles. The lowest BCUT2D eigenvalue weighted by Crippen LogP contribution is -2.03. The van der Waals surface area contributed by atoms with Crippen molar-refractivity contribution in [3.8, 4) is 17.2 Å². The smallest absolute Gasteiger partial charge is 0.152 e. The van der Waals surface area contributed by atoms with E-state index >= 15 is 0 Å². The number of nitrogens with zero attached hydrogens (tertiary/aromatic N) is 4. The molecule has 0 unspecified atom stereocenters. The summed E-state index contributed by atoms with van der Waals surface area (Å²) in [5.41, 5.74) is 9.68. The number of nitrogen functional groups attached to an aromatic ring is 1. The third-order valence-electron chi connectivity index (χ3n) is 4.77. The maximum atomic E-state index is 6.66. The fraction of sp³-hybridized carbons (Fsp3) is 0.211. The van der Waals surface area contributed by atoms with Crippen LogP contribution in [-0.2, 0) is 0 Å². The fourth-order valence-electron chi connectivity index (χ4n) is 3.25. The van der Waals surface area contributed by atoms with Crippen LogP contribution >= 0.6 is 23.2 Å². The van der Waals surface area contributed by atoms with Crippen molar-refractivity contribution in [3.05, 3.63) is 39.8 Å². The molecule has 4 aromatic rings. The highest BCUT2D eigenvalue weighted by atomic mass is 35.5. The molecule has 2 N–H and O–H groups in total. The van der Waals surface area contributed by atoms with Gasteiger partial charge in [-0.1, -0.05) is 23.2 Å². The first-order valence-corrected chi connectivity index (χ1v) is 9.13. The van der Waals surface area contributed by atoms with Crippen LogP contribution in [-0.4, -0.2) is 33.7 Å². The van der Waals surface area contributed by atoms with Crippen LogP contribution < -0.4 is 15.2 Å². The first-order valence-electron chi connectivity index (χ1n) is 8.38. The molecule has 0 aliphatic heterocycles. The second kappa shape index (κ2) is 6.68. The van der Waals surface area contributed by atoms with Crippen LogP contribution in [0.5, 0.6) is 11.5 Å². The summed E-state index contributed by atoms with van der Waals surface area (Å²) in [6, 6.07) is 3.64. The Kier molecular flexibility index (Phi) is 4.44. The van der Waals surface area contributed by atoms with Crippen LogP contribution in [0.2, 0.25) is 10.0 Å². The van der Waals surface area contributed by atoms with E-state index in [-0.39, 0.29) is 0 Å². The van der Waals surface area contributed by atoms with Crippen LogP contribution in [0, 0.1) is 13.8 Å². The molecule has 144 valence electrons. The van der Waals surface area contributed by atoms with Gasteiger partial charge < -0.3 is 15.2 Å². The van der Waals surface area contributed by atoms with Crippen molar-refractivity contribution < 1.29 is 9.47 Å². The van der Waals surface area contributed by atoms with Crippen LogP contribution in [0.25, 0.3) is 27.8 Å². The monoisotopic (exact) mass is 417 g/mol. The molecule has 28 heavy (non-hydrogen) atoms. The van der Waals surface area contributed by atoms with Gasteiger partial charge in [0.2, 0.25) is 0 Å². The van der Waals surface area contributed by atoms with Crippen molar-refractivity contribution in [1.29, 1.82) is 0 Å². The number of benzene rings is 1. The van der Waals surface area contributed by atoms with Crippen molar-refractivity contribution in [2.24, 2.45) is 0 Å². The van der Waals surface area contributed by atoms with Gasteiger partial charge in [0, 0.05) is 17.1 Å². The fourth-order valence-corrected chi connectivity index (χ4v) is 3.92. The van der Waals surface area contributed by atoms with Gasteiger partial charge in [0.15, 0.2) is 5.65 Å². The minimum atomic E-state index is 0.310. The molecule has 0 aliphatic rings. The van der Waals surface area contributed by atoms with E-state index in [9.17, 15) is 0 Å². The maximum absolute atomic E-state index is 6.66. The predicted molar refractivity (Wildman–Crippen MR) is 111 cm³/mol. The number of anilines is 1. The quantitative estimate of drug-likeness (QED) is 0.528. The average Bonchev–Trinajstić information content (AvgIpc) is 2.97. The molecule has 1 aromatic carbocycles. The zero-order valence-corrected chi connectivity index (χ0v) is 17.2. The molecular formula is C19H17Cl2N5O2. The lowest BCUT2D eigenvalue weighted by Gasteiger charge is -2.16. The molecular weight excluding hydrogens is 401 g/mol. The molecule has 0 amide bonds. The van der Waals surface area contributed by atoms with E-state index in [1.165, 1.54) is 20.5 Å². The first-order chi connectivity index (χ1) is 13.4. The number of aryl methyl sites for hydroxylation is 2.